The van der Waals surface area contributed by atoms with Crippen LogP contribution in [0.15, 0.2) is 4.42 Å². The highest BCUT2D eigenvalue weighted by atomic mass is 16.5. The van der Waals surface area contributed by atoms with Gasteiger partial charge in [-0.25, -0.2) is 0 Å². The minimum atomic E-state index is 0.381. The van der Waals surface area contributed by atoms with Crippen LogP contribution in [-0.2, 0) is 17.6 Å². The maximum Gasteiger partial charge on any atom is 0.217 e. The van der Waals surface area contributed by atoms with Crippen molar-refractivity contribution in [2.24, 2.45) is 0 Å². The van der Waals surface area contributed by atoms with Crippen LogP contribution < -0.4 is 5.32 Å². The fourth-order valence-corrected chi connectivity index (χ4v) is 2.28. The molecule has 1 aliphatic heterocycles. The molecule has 0 saturated carbocycles. The van der Waals surface area contributed by atoms with E-state index in [1.54, 1.807) is 0 Å². The number of rotatable bonds is 7. The summed E-state index contributed by atoms with van der Waals surface area (Å²) in [7, 11) is 0. The van der Waals surface area contributed by atoms with Crippen molar-refractivity contribution in [3.05, 3.63) is 11.8 Å². The summed E-state index contributed by atoms with van der Waals surface area (Å²) in [5.41, 5.74) is 0. The van der Waals surface area contributed by atoms with E-state index in [0.29, 0.717) is 12.1 Å². The smallest absolute Gasteiger partial charge is 0.217 e. The number of hydrogen-bond acceptors (Lipinski definition) is 5. The molecule has 108 valence electrons. The first-order chi connectivity index (χ1) is 9.24. The second-order valence-corrected chi connectivity index (χ2v) is 5.48. The minimum absolute atomic E-state index is 0.381. The van der Waals surface area contributed by atoms with E-state index in [2.05, 4.69) is 29.4 Å². The molecule has 1 saturated heterocycles. The van der Waals surface area contributed by atoms with Gasteiger partial charge in [-0.1, -0.05) is 13.8 Å². The SMILES string of the molecule is CC(C)NCCc1nnc(CCC2CCCCO2)o1. The summed E-state index contributed by atoms with van der Waals surface area (Å²) in [6, 6.07) is 0.492. The second kappa shape index (κ2) is 7.60. The summed E-state index contributed by atoms with van der Waals surface area (Å²) in [6.07, 6.45) is 6.64. The summed E-state index contributed by atoms with van der Waals surface area (Å²) in [5, 5.41) is 11.5. The third-order valence-corrected chi connectivity index (χ3v) is 3.35. The molecule has 0 radical (unpaired) electrons. The largest absolute Gasteiger partial charge is 0.425 e. The van der Waals surface area contributed by atoms with Gasteiger partial charge in [0.1, 0.15) is 0 Å². The van der Waals surface area contributed by atoms with Gasteiger partial charge in [0, 0.05) is 32.0 Å². The maximum absolute atomic E-state index is 5.70. The summed E-state index contributed by atoms with van der Waals surface area (Å²) >= 11 is 0. The second-order valence-electron chi connectivity index (χ2n) is 5.48. The van der Waals surface area contributed by atoms with Crippen LogP contribution in [0.5, 0.6) is 0 Å². The normalized spacial score (nSPS) is 20.1. The van der Waals surface area contributed by atoms with Crippen LogP contribution in [0.3, 0.4) is 0 Å². The highest BCUT2D eigenvalue weighted by Crippen LogP contribution is 2.17. The van der Waals surface area contributed by atoms with E-state index in [1.165, 1.54) is 19.3 Å². The Morgan fingerprint density at radius 1 is 1.21 bits per heavy atom. The number of aryl methyl sites for hydroxylation is 1. The molecule has 0 aromatic carbocycles. The van der Waals surface area contributed by atoms with Gasteiger partial charge in [-0.15, -0.1) is 10.2 Å². The fourth-order valence-electron chi connectivity index (χ4n) is 2.28. The third-order valence-electron chi connectivity index (χ3n) is 3.35. The van der Waals surface area contributed by atoms with E-state index >= 15 is 0 Å². The van der Waals surface area contributed by atoms with Gasteiger partial charge in [-0.2, -0.15) is 0 Å². The quantitative estimate of drug-likeness (QED) is 0.820. The average Bonchev–Trinajstić information content (AvgIpc) is 2.85. The topological polar surface area (TPSA) is 60.2 Å². The van der Waals surface area contributed by atoms with Crippen LogP contribution in [0.1, 0.15) is 51.3 Å². The van der Waals surface area contributed by atoms with Gasteiger partial charge >= 0.3 is 0 Å². The Morgan fingerprint density at radius 2 is 2.00 bits per heavy atom. The van der Waals surface area contributed by atoms with Crippen molar-refractivity contribution >= 4 is 0 Å². The molecular formula is C14H25N3O2. The Balaban J connectivity index is 1.68. The van der Waals surface area contributed by atoms with Crippen molar-refractivity contribution in [1.29, 1.82) is 0 Å². The highest BCUT2D eigenvalue weighted by molar-refractivity contribution is 4.84. The average molecular weight is 267 g/mol. The molecule has 2 heterocycles. The summed E-state index contributed by atoms with van der Waals surface area (Å²) in [5.74, 6) is 1.47. The standard InChI is InChI=1S/C14H25N3O2/c1-11(2)15-9-8-14-17-16-13(19-14)7-6-12-5-3-4-10-18-12/h11-12,15H,3-10H2,1-2H3. The van der Waals surface area contributed by atoms with Gasteiger partial charge in [0.15, 0.2) is 0 Å². The van der Waals surface area contributed by atoms with Crippen molar-refractivity contribution in [2.45, 2.75) is 64.5 Å². The molecule has 19 heavy (non-hydrogen) atoms. The van der Waals surface area contributed by atoms with Crippen molar-refractivity contribution < 1.29 is 9.15 Å². The molecule has 0 amide bonds. The number of nitrogens with one attached hydrogen (secondary N) is 1. The Bertz CT molecular complexity index is 359. The van der Waals surface area contributed by atoms with Gasteiger partial charge in [0.05, 0.1) is 6.10 Å². The first-order valence-electron chi connectivity index (χ1n) is 7.40. The van der Waals surface area contributed by atoms with Crippen molar-refractivity contribution in [3.8, 4) is 0 Å². The van der Waals surface area contributed by atoms with Gasteiger partial charge in [-0.05, 0) is 25.7 Å². The molecule has 0 aliphatic carbocycles. The van der Waals surface area contributed by atoms with Crippen LogP contribution in [0, 0.1) is 0 Å². The molecule has 2 rings (SSSR count). The number of hydrogen-bond donors (Lipinski definition) is 1. The Hall–Kier alpha value is -0.940. The molecule has 1 aromatic rings. The molecule has 5 nitrogen and oxygen atoms in total. The van der Waals surface area contributed by atoms with Gasteiger partial charge < -0.3 is 14.5 Å². The van der Waals surface area contributed by atoms with Crippen LogP contribution >= 0.6 is 0 Å². The molecule has 1 aromatic heterocycles. The molecule has 1 fully saturated rings. The van der Waals surface area contributed by atoms with Crippen LogP contribution in [0.25, 0.3) is 0 Å². The Labute approximate surface area is 115 Å². The van der Waals surface area contributed by atoms with Crippen LogP contribution in [0.2, 0.25) is 0 Å². The highest BCUT2D eigenvalue weighted by Gasteiger charge is 2.15. The first-order valence-corrected chi connectivity index (χ1v) is 7.40. The zero-order valence-electron chi connectivity index (χ0n) is 12.0. The fraction of sp³-hybridized carbons (Fsp3) is 0.857. The van der Waals surface area contributed by atoms with E-state index in [9.17, 15) is 0 Å². The summed E-state index contributed by atoms with van der Waals surface area (Å²) in [4.78, 5) is 0. The van der Waals surface area contributed by atoms with Gasteiger partial charge in [0.25, 0.3) is 0 Å². The zero-order valence-corrected chi connectivity index (χ0v) is 12.0. The predicted octanol–water partition coefficient (Wildman–Crippen LogP) is 2.11. The molecular weight excluding hydrogens is 242 g/mol. The first kappa shape index (κ1) is 14.5. The van der Waals surface area contributed by atoms with Crippen LogP contribution in [-0.4, -0.2) is 35.5 Å². The molecule has 5 heteroatoms. The van der Waals surface area contributed by atoms with Crippen molar-refractivity contribution in [1.82, 2.24) is 15.5 Å². The van der Waals surface area contributed by atoms with E-state index in [4.69, 9.17) is 9.15 Å². The van der Waals surface area contributed by atoms with E-state index in [1.807, 2.05) is 0 Å². The number of nitrogens with zero attached hydrogens (tertiary/aromatic N) is 2. The third kappa shape index (κ3) is 5.28. The lowest BCUT2D eigenvalue weighted by atomic mass is 10.0. The van der Waals surface area contributed by atoms with Gasteiger partial charge in [-0.3, -0.25) is 0 Å². The monoisotopic (exact) mass is 267 g/mol. The van der Waals surface area contributed by atoms with E-state index < -0.39 is 0 Å². The molecule has 0 spiro atoms. The van der Waals surface area contributed by atoms with Gasteiger partial charge in [0.2, 0.25) is 11.8 Å². The molecule has 1 atom stereocenters. The van der Waals surface area contributed by atoms with Crippen molar-refractivity contribution in [2.75, 3.05) is 13.2 Å². The summed E-state index contributed by atoms with van der Waals surface area (Å²) < 4.78 is 11.3. The van der Waals surface area contributed by atoms with E-state index in [0.717, 1.165) is 44.2 Å². The maximum atomic E-state index is 5.70. The number of aromatic nitrogens is 2. The Kier molecular flexibility index (Phi) is 5.79. The summed E-state index contributed by atoms with van der Waals surface area (Å²) in [6.45, 7) is 6.04. The zero-order chi connectivity index (χ0) is 13.5. The lowest BCUT2D eigenvalue weighted by Gasteiger charge is -2.21. The number of ether oxygens (including phenoxy) is 1. The van der Waals surface area contributed by atoms with Crippen LogP contribution in [0.4, 0.5) is 0 Å². The van der Waals surface area contributed by atoms with E-state index in [-0.39, 0.29) is 0 Å². The Morgan fingerprint density at radius 3 is 2.68 bits per heavy atom. The lowest BCUT2D eigenvalue weighted by molar-refractivity contribution is 0.0105. The molecule has 1 unspecified atom stereocenters. The minimum Gasteiger partial charge on any atom is -0.425 e. The predicted molar refractivity (Wildman–Crippen MR) is 73.1 cm³/mol. The molecule has 1 N–H and O–H groups in total. The van der Waals surface area contributed by atoms with Crippen molar-refractivity contribution in [3.63, 3.8) is 0 Å². The lowest BCUT2D eigenvalue weighted by Crippen LogP contribution is -2.25. The molecule has 0 bridgehead atoms. The molecule has 1 aliphatic rings.